The molecule has 2 unspecified atom stereocenters. The molecule has 42 heavy (non-hydrogen) atoms. The summed E-state index contributed by atoms with van der Waals surface area (Å²) in [6.07, 6.45) is -0.376. The first-order chi connectivity index (χ1) is 20.2. The van der Waals surface area contributed by atoms with Gasteiger partial charge in [-0.3, -0.25) is 14.4 Å². The van der Waals surface area contributed by atoms with E-state index in [1.54, 1.807) is 9.58 Å². The first-order valence-corrected chi connectivity index (χ1v) is 14.4. The van der Waals surface area contributed by atoms with Crippen molar-refractivity contribution < 1.29 is 32.3 Å². The van der Waals surface area contributed by atoms with Crippen molar-refractivity contribution in [2.45, 2.75) is 74.8 Å². The monoisotopic (exact) mass is 582 g/mol. The minimum Gasteiger partial charge on any atom is -0.381 e. The second-order valence-corrected chi connectivity index (χ2v) is 11.9. The van der Waals surface area contributed by atoms with Crippen molar-refractivity contribution in [3.63, 3.8) is 0 Å². The van der Waals surface area contributed by atoms with Crippen LogP contribution in [-0.4, -0.2) is 63.7 Å². The molecule has 0 bridgehead atoms. The van der Waals surface area contributed by atoms with Crippen LogP contribution in [0.3, 0.4) is 0 Å². The van der Waals surface area contributed by atoms with E-state index in [1.165, 1.54) is 6.07 Å². The third-order valence-electron chi connectivity index (χ3n) is 9.26. The fourth-order valence-electron chi connectivity index (χ4n) is 6.93. The van der Waals surface area contributed by atoms with Crippen molar-refractivity contribution in [1.29, 1.82) is 5.26 Å². The molecule has 4 fully saturated rings. The molecule has 5 atom stereocenters. The molecule has 2 aliphatic carbocycles. The smallest absolute Gasteiger partial charge is 0.381 e. The number of nitriles is 1. The highest BCUT2D eigenvalue weighted by atomic mass is 19.4. The Hall–Kier alpha value is -3.92. The SMILES string of the molecule is N#C[C@@H]1C[C@H]2C[C@H]2N1C(=O)c1nn(C2CCOCC2)c2c1C(C1CC1)C(NC(=O)c1cccc(C(F)(F)F)c1)C(=O)N2. The molecule has 0 radical (unpaired) electrons. The van der Waals surface area contributed by atoms with Crippen molar-refractivity contribution in [3.8, 4) is 6.07 Å². The number of nitrogens with zero attached hydrogens (tertiary/aromatic N) is 4. The van der Waals surface area contributed by atoms with Gasteiger partial charge in [0.2, 0.25) is 5.91 Å². The van der Waals surface area contributed by atoms with Crippen LogP contribution in [0.1, 0.15) is 82.5 Å². The maximum absolute atomic E-state index is 14.1. The molecule has 2 saturated carbocycles. The number of ether oxygens (including phenoxy) is 1. The number of carbonyl (C=O) groups excluding carboxylic acids is 3. The number of carbonyl (C=O) groups is 3. The number of benzene rings is 1. The van der Waals surface area contributed by atoms with Gasteiger partial charge in [-0.1, -0.05) is 6.07 Å². The number of nitrogens with one attached hydrogen (secondary N) is 2. The molecule has 3 amide bonds. The number of rotatable bonds is 5. The van der Waals surface area contributed by atoms with Gasteiger partial charge in [-0.05, 0) is 68.6 Å². The second kappa shape index (κ2) is 9.83. The Labute approximate surface area is 239 Å². The number of aromatic nitrogens is 2. The van der Waals surface area contributed by atoms with Crippen molar-refractivity contribution >= 4 is 23.5 Å². The summed E-state index contributed by atoms with van der Waals surface area (Å²) in [5.74, 6) is -1.61. The van der Waals surface area contributed by atoms with Crippen LogP contribution in [-0.2, 0) is 15.7 Å². The highest BCUT2D eigenvalue weighted by Gasteiger charge is 2.56. The van der Waals surface area contributed by atoms with Gasteiger partial charge in [0.05, 0.1) is 17.7 Å². The molecular formula is C29H29F3N6O4. The minimum atomic E-state index is -4.63. The zero-order valence-electron chi connectivity index (χ0n) is 22.6. The van der Waals surface area contributed by atoms with Gasteiger partial charge in [0, 0.05) is 36.3 Å². The van der Waals surface area contributed by atoms with Gasteiger partial charge >= 0.3 is 6.18 Å². The van der Waals surface area contributed by atoms with Gasteiger partial charge in [0.25, 0.3) is 11.8 Å². The lowest BCUT2D eigenvalue weighted by molar-refractivity contribution is -0.137. The number of piperidine rings is 1. The van der Waals surface area contributed by atoms with Gasteiger partial charge < -0.3 is 20.3 Å². The number of amides is 3. The van der Waals surface area contributed by atoms with E-state index in [9.17, 15) is 32.8 Å². The summed E-state index contributed by atoms with van der Waals surface area (Å²) in [5.41, 5.74) is -0.491. The van der Waals surface area contributed by atoms with E-state index in [0.29, 0.717) is 49.8 Å². The zero-order valence-corrected chi connectivity index (χ0v) is 22.6. The van der Waals surface area contributed by atoms with E-state index in [-0.39, 0.29) is 35.2 Å². The first kappa shape index (κ1) is 26.9. The lowest BCUT2D eigenvalue weighted by Gasteiger charge is -2.34. The quantitative estimate of drug-likeness (QED) is 0.554. The van der Waals surface area contributed by atoms with Gasteiger partial charge in [-0.25, -0.2) is 4.68 Å². The summed E-state index contributed by atoms with van der Waals surface area (Å²) in [7, 11) is 0. The molecule has 2 aromatic rings. The fourth-order valence-corrected chi connectivity index (χ4v) is 6.93. The standard InChI is InChI=1S/C29H29F3N6O4/c30-29(31,32)17-3-1-2-15(10-17)26(39)34-23-21(14-4-5-14)22-24(28(41)37-19(13-33)11-16-12-20(16)37)36-38(25(22)35-27(23)40)18-6-8-42-9-7-18/h1-3,10,14,16,18-21,23H,4-9,11-12H2,(H,34,39)(H,35,40)/t16-,19-,20+,21?,23?/m0/s1. The Bertz CT molecular complexity index is 1510. The number of alkyl halides is 3. The fraction of sp³-hybridized carbons (Fsp3) is 0.552. The first-order valence-electron chi connectivity index (χ1n) is 14.4. The van der Waals surface area contributed by atoms with Crippen LogP contribution < -0.4 is 10.6 Å². The van der Waals surface area contributed by atoms with Gasteiger partial charge in [-0.15, -0.1) is 0 Å². The van der Waals surface area contributed by atoms with Crippen LogP contribution in [0.4, 0.5) is 19.0 Å². The van der Waals surface area contributed by atoms with Gasteiger partial charge in [0.1, 0.15) is 17.9 Å². The number of hydrogen-bond acceptors (Lipinski definition) is 6. The van der Waals surface area contributed by atoms with Crippen LogP contribution in [0.25, 0.3) is 0 Å². The highest BCUT2D eigenvalue weighted by molar-refractivity contribution is 6.06. The van der Waals surface area contributed by atoms with E-state index in [2.05, 4.69) is 16.7 Å². The molecular weight excluding hydrogens is 553 g/mol. The molecule has 4 heterocycles. The average molecular weight is 583 g/mol. The van der Waals surface area contributed by atoms with Crippen LogP contribution in [0.2, 0.25) is 0 Å². The van der Waals surface area contributed by atoms with Crippen molar-refractivity contribution in [3.05, 3.63) is 46.6 Å². The maximum atomic E-state index is 14.1. The third kappa shape index (κ3) is 4.52. The lowest BCUT2D eigenvalue weighted by atomic mass is 9.83. The Kier molecular flexibility index (Phi) is 6.31. The molecule has 13 heteroatoms. The Morgan fingerprint density at radius 2 is 1.88 bits per heavy atom. The van der Waals surface area contributed by atoms with Crippen LogP contribution in [0.5, 0.6) is 0 Å². The Morgan fingerprint density at radius 1 is 1.12 bits per heavy atom. The van der Waals surface area contributed by atoms with E-state index >= 15 is 0 Å². The predicted molar refractivity (Wildman–Crippen MR) is 140 cm³/mol. The predicted octanol–water partition coefficient (Wildman–Crippen LogP) is 3.62. The highest BCUT2D eigenvalue weighted by Crippen LogP contribution is 2.52. The maximum Gasteiger partial charge on any atom is 0.416 e. The van der Waals surface area contributed by atoms with Crippen molar-refractivity contribution in [2.75, 3.05) is 18.5 Å². The molecule has 0 spiro atoms. The normalized spacial score (nSPS) is 28.9. The molecule has 7 rings (SSSR count). The minimum absolute atomic E-state index is 0.0139. The topological polar surface area (TPSA) is 129 Å². The van der Waals surface area contributed by atoms with Crippen LogP contribution in [0, 0.1) is 23.2 Å². The summed E-state index contributed by atoms with van der Waals surface area (Å²) in [5, 5.41) is 20.1. The molecule has 1 aromatic carbocycles. The number of halogens is 3. The summed E-state index contributed by atoms with van der Waals surface area (Å²) < 4.78 is 47.2. The number of anilines is 1. The summed E-state index contributed by atoms with van der Waals surface area (Å²) in [6.45, 7) is 1.01. The molecule has 10 nitrogen and oxygen atoms in total. The van der Waals surface area contributed by atoms with Gasteiger partial charge in [-0.2, -0.15) is 23.5 Å². The van der Waals surface area contributed by atoms with Crippen molar-refractivity contribution in [1.82, 2.24) is 20.0 Å². The van der Waals surface area contributed by atoms with E-state index in [0.717, 1.165) is 37.5 Å². The van der Waals surface area contributed by atoms with Crippen LogP contribution in [0.15, 0.2) is 24.3 Å². The molecule has 3 aliphatic heterocycles. The summed E-state index contributed by atoms with van der Waals surface area (Å²) >= 11 is 0. The average Bonchev–Trinajstić information content (AvgIpc) is 3.90. The molecule has 220 valence electrons. The summed E-state index contributed by atoms with van der Waals surface area (Å²) in [6, 6.07) is 4.48. The third-order valence-corrected chi connectivity index (χ3v) is 9.26. The Balaban J connectivity index is 1.28. The second-order valence-electron chi connectivity index (χ2n) is 11.9. The van der Waals surface area contributed by atoms with E-state index in [4.69, 9.17) is 9.84 Å². The number of likely N-dealkylation sites (tertiary alicyclic amines) is 1. The molecule has 2 N–H and O–H groups in total. The number of fused-ring (bicyclic) bond motifs is 2. The Morgan fingerprint density at radius 3 is 2.57 bits per heavy atom. The lowest BCUT2D eigenvalue weighted by Crippen LogP contribution is -2.51. The van der Waals surface area contributed by atoms with Gasteiger partial charge in [0.15, 0.2) is 5.69 Å². The van der Waals surface area contributed by atoms with Crippen LogP contribution >= 0.6 is 0 Å². The zero-order chi connectivity index (χ0) is 29.3. The largest absolute Gasteiger partial charge is 0.416 e. The van der Waals surface area contributed by atoms with E-state index in [1.807, 2.05) is 0 Å². The van der Waals surface area contributed by atoms with Crippen molar-refractivity contribution in [2.24, 2.45) is 11.8 Å². The molecule has 1 aromatic heterocycles. The van der Waals surface area contributed by atoms with E-state index < -0.39 is 41.6 Å². The molecule has 2 saturated heterocycles. The number of hydrogen-bond donors (Lipinski definition) is 2. The molecule has 5 aliphatic rings. The summed E-state index contributed by atoms with van der Waals surface area (Å²) in [4.78, 5) is 42.6.